The third kappa shape index (κ3) is 9.50. The van der Waals surface area contributed by atoms with E-state index in [1.54, 1.807) is 0 Å². The van der Waals surface area contributed by atoms with Gasteiger partial charge in [-0.2, -0.15) is 5.06 Å². The number of ether oxygens (including phenoxy) is 1. The van der Waals surface area contributed by atoms with Crippen LogP contribution in [0.2, 0.25) is 0 Å². The van der Waals surface area contributed by atoms with Crippen molar-refractivity contribution in [3.63, 3.8) is 0 Å². The molecule has 34 heavy (non-hydrogen) atoms. The van der Waals surface area contributed by atoms with Gasteiger partial charge in [0.15, 0.2) is 0 Å². The van der Waals surface area contributed by atoms with Gasteiger partial charge in [0.25, 0.3) is 0 Å². The van der Waals surface area contributed by atoms with Gasteiger partial charge in [-0.3, -0.25) is 14.6 Å². The summed E-state index contributed by atoms with van der Waals surface area (Å²) in [6, 6.07) is 10.0. The Labute approximate surface area is 209 Å². The molecule has 5 heteroatoms. The normalized spacial score (nSPS) is 19.8. The first kappa shape index (κ1) is 30.3. The van der Waals surface area contributed by atoms with Gasteiger partial charge < -0.3 is 4.74 Å². The Hall–Kier alpha value is -1.72. The fourth-order valence-electron chi connectivity index (χ4n) is 4.68. The standard InChI is InChI=1S/C26H42N2O3.C3H8/c1-8-16-26(6,27-7)19-15-23(29)30-20-22(21-13-10-9-11-14-21)31-28-24(2,3)17-12-18-25(28,4)5;1-3-2/h9-11,13-14,22H,7-8,12,15-20H2,1-6H3;3H2,1-2H3. The van der Waals surface area contributed by atoms with Gasteiger partial charge in [-0.15, -0.1) is 0 Å². The lowest BCUT2D eigenvalue weighted by molar-refractivity contribution is -0.311. The van der Waals surface area contributed by atoms with Crippen molar-refractivity contribution in [3.05, 3.63) is 35.9 Å². The summed E-state index contributed by atoms with van der Waals surface area (Å²) in [7, 11) is 0. The van der Waals surface area contributed by atoms with Crippen LogP contribution >= 0.6 is 0 Å². The van der Waals surface area contributed by atoms with Crippen molar-refractivity contribution >= 4 is 12.7 Å². The molecular weight excluding hydrogens is 424 g/mol. The Bertz CT molecular complexity index is 716. The van der Waals surface area contributed by atoms with Gasteiger partial charge in [-0.1, -0.05) is 63.9 Å². The molecule has 1 aliphatic rings. The number of piperidine rings is 1. The predicted molar refractivity (Wildman–Crippen MR) is 143 cm³/mol. The van der Waals surface area contributed by atoms with E-state index >= 15 is 0 Å². The number of carbonyl (C=O) groups is 1. The molecule has 1 saturated heterocycles. The molecule has 194 valence electrons. The van der Waals surface area contributed by atoms with Crippen LogP contribution in [0.25, 0.3) is 0 Å². The Morgan fingerprint density at radius 3 is 2.15 bits per heavy atom. The molecule has 0 amide bonds. The van der Waals surface area contributed by atoms with Crippen LogP contribution in [0.1, 0.15) is 118 Å². The molecule has 0 N–H and O–H groups in total. The molecule has 0 spiro atoms. The zero-order valence-electron chi connectivity index (χ0n) is 23.2. The van der Waals surface area contributed by atoms with Crippen LogP contribution in [0.5, 0.6) is 0 Å². The van der Waals surface area contributed by atoms with Crippen molar-refractivity contribution in [2.24, 2.45) is 4.99 Å². The number of hydrogen-bond donors (Lipinski definition) is 0. The third-order valence-electron chi connectivity index (χ3n) is 6.51. The molecule has 0 saturated carbocycles. The maximum absolute atomic E-state index is 12.5. The van der Waals surface area contributed by atoms with E-state index < -0.39 is 0 Å². The predicted octanol–water partition coefficient (Wildman–Crippen LogP) is 7.70. The fourth-order valence-corrected chi connectivity index (χ4v) is 4.68. The van der Waals surface area contributed by atoms with Gasteiger partial charge in [-0.05, 0) is 79.0 Å². The van der Waals surface area contributed by atoms with Crippen LogP contribution in [0, 0.1) is 0 Å². The minimum Gasteiger partial charge on any atom is -0.462 e. The minimum atomic E-state index is -0.346. The van der Waals surface area contributed by atoms with Crippen molar-refractivity contribution in [2.45, 2.75) is 129 Å². The summed E-state index contributed by atoms with van der Waals surface area (Å²) in [5.74, 6) is -0.215. The van der Waals surface area contributed by atoms with E-state index in [-0.39, 0.29) is 35.3 Å². The average molecular weight is 475 g/mol. The molecule has 0 aromatic heterocycles. The number of rotatable bonds is 11. The Kier molecular flexibility index (Phi) is 12.5. The fraction of sp³-hybridized carbons (Fsp3) is 0.724. The summed E-state index contributed by atoms with van der Waals surface area (Å²) in [6.07, 6.45) is 7.13. The van der Waals surface area contributed by atoms with Crippen LogP contribution in [-0.2, 0) is 14.4 Å². The Morgan fingerprint density at radius 2 is 1.65 bits per heavy atom. The monoisotopic (exact) mass is 474 g/mol. The molecule has 0 bridgehead atoms. The summed E-state index contributed by atoms with van der Waals surface area (Å²) >= 11 is 0. The quantitative estimate of drug-likeness (QED) is 0.243. The third-order valence-corrected chi connectivity index (χ3v) is 6.51. The lowest BCUT2D eigenvalue weighted by atomic mass is 9.82. The second-order valence-corrected chi connectivity index (χ2v) is 11.1. The van der Waals surface area contributed by atoms with E-state index in [1.165, 1.54) is 12.8 Å². The number of nitrogens with zero attached hydrogens (tertiary/aromatic N) is 2. The maximum Gasteiger partial charge on any atom is 0.305 e. The first-order chi connectivity index (χ1) is 15.9. The number of carbonyl (C=O) groups excluding carboxylic acids is 1. The van der Waals surface area contributed by atoms with Crippen LogP contribution in [0.4, 0.5) is 0 Å². The van der Waals surface area contributed by atoms with Crippen molar-refractivity contribution in [1.29, 1.82) is 0 Å². The molecule has 1 fully saturated rings. The van der Waals surface area contributed by atoms with Gasteiger partial charge in [0.1, 0.15) is 12.7 Å². The molecule has 2 atom stereocenters. The number of aliphatic imine (C=N–C) groups is 1. The molecule has 1 aromatic carbocycles. The summed E-state index contributed by atoms with van der Waals surface area (Å²) < 4.78 is 5.70. The molecule has 2 unspecified atom stereocenters. The van der Waals surface area contributed by atoms with E-state index in [0.29, 0.717) is 12.8 Å². The first-order valence-corrected chi connectivity index (χ1v) is 13.1. The molecule has 1 aromatic rings. The molecule has 0 aliphatic carbocycles. The molecular formula is C29H50N2O3. The molecule has 1 heterocycles. The van der Waals surface area contributed by atoms with Crippen LogP contribution in [0.15, 0.2) is 35.3 Å². The molecule has 0 radical (unpaired) electrons. The Balaban J connectivity index is 0.00000182. The maximum atomic E-state index is 12.5. The van der Waals surface area contributed by atoms with E-state index in [1.807, 2.05) is 37.3 Å². The van der Waals surface area contributed by atoms with Crippen molar-refractivity contribution in [2.75, 3.05) is 6.61 Å². The summed E-state index contributed by atoms with van der Waals surface area (Å²) in [5.41, 5.74) is 0.564. The van der Waals surface area contributed by atoms with Gasteiger partial charge in [-0.25, -0.2) is 0 Å². The zero-order valence-corrected chi connectivity index (χ0v) is 23.2. The lowest BCUT2D eigenvalue weighted by Crippen LogP contribution is -2.58. The smallest absolute Gasteiger partial charge is 0.305 e. The molecule has 1 aliphatic heterocycles. The highest BCUT2D eigenvalue weighted by Crippen LogP contribution is 2.40. The number of esters is 1. The summed E-state index contributed by atoms with van der Waals surface area (Å²) in [4.78, 5) is 23.4. The topological polar surface area (TPSA) is 51.1 Å². The van der Waals surface area contributed by atoms with E-state index in [9.17, 15) is 4.79 Å². The SMILES string of the molecule is C=NC(C)(CCC)CCC(=O)OCC(ON1C(C)(C)CCCC1(C)C)c1ccccc1.CCC. The number of hydroxylamine groups is 2. The van der Waals surface area contributed by atoms with E-state index in [4.69, 9.17) is 9.57 Å². The van der Waals surface area contributed by atoms with Crippen molar-refractivity contribution < 1.29 is 14.4 Å². The number of benzene rings is 1. The van der Waals surface area contributed by atoms with E-state index in [0.717, 1.165) is 31.2 Å². The van der Waals surface area contributed by atoms with Gasteiger partial charge in [0.05, 0.1) is 5.54 Å². The summed E-state index contributed by atoms with van der Waals surface area (Å²) in [6.45, 7) is 21.2. The molecule has 2 rings (SSSR count). The van der Waals surface area contributed by atoms with Crippen LogP contribution in [0.3, 0.4) is 0 Å². The summed E-state index contributed by atoms with van der Waals surface area (Å²) in [5, 5.41) is 2.13. The second-order valence-electron chi connectivity index (χ2n) is 11.1. The zero-order chi connectivity index (χ0) is 25.8. The highest BCUT2D eigenvalue weighted by atomic mass is 16.7. The van der Waals surface area contributed by atoms with E-state index in [2.05, 4.69) is 65.2 Å². The lowest BCUT2D eigenvalue weighted by Gasteiger charge is -2.52. The average Bonchev–Trinajstić information content (AvgIpc) is 2.78. The van der Waals surface area contributed by atoms with Crippen LogP contribution in [-0.4, -0.2) is 41.0 Å². The van der Waals surface area contributed by atoms with Crippen molar-refractivity contribution in [3.8, 4) is 0 Å². The minimum absolute atomic E-state index is 0.0869. The highest BCUT2D eigenvalue weighted by Gasteiger charge is 2.44. The Morgan fingerprint density at radius 1 is 1.09 bits per heavy atom. The van der Waals surface area contributed by atoms with Gasteiger partial charge >= 0.3 is 5.97 Å². The van der Waals surface area contributed by atoms with Gasteiger partial charge in [0.2, 0.25) is 0 Å². The van der Waals surface area contributed by atoms with Crippen molar-refractivity contribution in [1.82, 2.24) is 5.06 Å². The van der Waals surface area contributed by atoms with Crippen LogP contribution < -0.4 is 0 Å². The first-order valence-electron chi connectivity index (χ1n) is 13.1. The largest absolute Gasteiger partial charge is 0.462 e. The molecule has 5 nitrogen and oxygen atoms in total. The highest BCUT2D eigenvalue weighted by molar-refractivity contribution is 5.69. The number of hydrogen-bond acceptors (Lipinski definition) is 5. The second kappa shape index (κ2) is 14.0. The van der Waals surface area contributed by atoms with Gasteiger partial charge in [0, 0.05) is 17.5 Å².